The standard InChI is InChI=1S/C12H8FN3.C6H4BrN3/c13-10-3-1-9(2-4-10)11-8-16-6-5-14-12(16)7-15-11;7-5-4-10-2-1-8-6(10)3-9-5/h1-8H;1-4H. The second-order valence-electron chi connectivity index (χ2n) is 5.37. The van der Waals surface area contributed by atoms with Crippen LogP contribution in [0, 0.1) is 5.82 Å². The third kappa shape index (κ3) is 3.45. The molecule has 4 heterocycles. The molecule has 0 saturated carbocycles. The summed E-state index contributed by atoms with van der Waals surface area (Å²) in [6.07, 6.45) is 14.3. The summed E-state index contributed by atoms with van der Waals surface area (Å²) in [6, 6.07) is 6.27. The number of hydrogen-bond donors (Lipinski definition) is 0. The Morgan fingerprint density at radius 1 is 0.769 bits per heavy atom. The van der Waals surface area contributed by atoms with Crippen LogP contribution in [0.5, 0.6) is 0 Å². The largest absolute Gasteiger partial charge is 0.304 e. The highest BCUT2D eigenvalue weighted by atomic mass is 79.9. The first-order chi connectivity index (χ1) is 12.7. The fraction of sp³-hybridized carbons (Fsp3) is 0. The summed E-state index contributed by atoms with van der Waals surface area (Å²) >= 11 is 3.26. The monoisotopic (exact) mass is 410 g/mol. The highest BCUT2D eigenvalue weighted by Crippen LogP contribution is 2.17. The molecule has 6 nitrogen and oxygen atoms in total. The molecule has 0 fully saturated rings. The minimum atomic E-state index is -0.243. The Bertz CT molecular complexity index is 1170. The smallest absolute Gasteiger partial charge is 0.155 e. The normalized spacial score (nSPS) is 10.7. The van der Waals surface area contributed by atoms with E-state index in [-0.39, 0.29) is 5.82 Å². The summed E-state index contributed by atoms with van der Waals surface area (Å²) in [7, 11) is 0. The predicted octanol–water partition coefficient (Wildman–Crippen LogP) is 4.03. The molecule has 0 unspecified atom stereocenters. The van der Waals surface area contributed by atoms with Crippen LogP contribution in [0.2, 0.25) is 0 Å². The van der Waals surface area contributed by atoms with Gasteiger partial charge in [-0.25, -0.2) is 19.3 Å². The summed E-state index contributed by atoms with van der Waals surface area (Å²) in [5.74, 6) is -0.243. The van der Waals surface area contributed by atoms with Crippen molar-refractivity contribution in [1.82, 2.24) is 28.7 Å². The molecule has 0 aliphatic carbocycles. The van der Waals surface area contributed by atoms with Crippen LogP contribution < -0.4 is 0 Å². The maximum Gasteiger partial charge on any atom is 0.155 e. The number of halogens is 2. The van der Waals surface area contributed by atoms with Gasteiger partial charge in [-0.1, -0.05) is 0 Å². The Hall–Kier alpha value is -3.13. The Morgan fingerprint density at radius 3 is 2.08 bits per heavy atom. The van der Waals surface area contributed by atoms with Crippen molar-refractivity contribution < 1.29 is 4.39 Å². The first-order valence-electron chi connectivity index (χ1n) is 7.68. The van der Waals surface area contributed by atoms with Crippen molar-refractivity contribution in [3.63, 3.8) is 0 Å². The lowest BCUT2D eigenvalue weighted by Gasteiger charge is -2.01. The summed E-state index contributed by atoms with van der Waals surface area (Å²) < 4.78 is 17.4. The van der Waals surface area contributed by atoms with E-state index in [9.17, 15) is 4.39 Å². The second-order valence-corrected chi connectivity index (χ2v) is 6.19. The fourth-order valence-electron chi connectivity index (χ4n) is 2.40. The molecule has 0 saturated heterocycles. The van der Waals surface area contributed by atoms with Gasteiger partial charge < -0.3 is 8.80 Å². The van der Waals surface area contributed by atoms with Gasteiger partial charge in [-0.3, -0.25) is 4.98 Å². The van der Waals surface area contributed by atoms with Crippen molar-refractivity contribution in [2.24, 2.45) is 0 Å². The molecule has 0 radical (unpaired) electrons. The predicted molar refractivity (Wildman–Crippen MR) is 99.1 cm³/mol. The van der Waals surface area contributed by atoms with E-state index in [0.29, 0.717) is 0 Å². The molecule has 5 rings (SSSR count). The van der Waals surface area contributed by atoms with Crippen molar-refractivity contribution in [3.05, 3.63) is 84.3 Å². The Kier molecular flexibility index (Phi) is 4.40. The van der Waals surface area contributed by atoms with E-state index >= 15 is 0 Å². The van der Waals surface area contributed by atoms with Gasteiger partial charge in [-0.15, -0.1) is 0 Å². The number of rotatable bonds is 1. The molecule has 0 N–H and O–H groups in total. The molecule has 0 amide bonds. The van der Waals surface area contributed by atoms with Crippen LogP contribution in [0.4, 0.5) is 4.39 Å². The Labute approximate surface area is 156 Å². The number of imidazole rings is 2. The summed E-state index contributed by atoms with van der Waals surface area (Å²) in [6.45, 7) is 0. The SMILES string of the molecule is Brc1cn2ccnc2cn1.Fc1ccc(-c2cn3ccnc3cn2)cc1. The van der Waals surface area contributed by atoms with E-state index in [1.165, 1.54) is 12.1 Å². The number of benzene rings is 1. The van der Waals surface area contributed by atoms with Gasteiger partial charge in [0, 0.05) is 42.7 Å². The average molecular weight is 411 g/mol. The van der Waals surface area contributed by atoms with Gasteiger partial charge in [0.1, 0.15) is 10.4 Å². The zero-order chi connectivity index (χ0) is 17.9. The van der Waals surface area contributed by atoms with Crippen molar-refractivity contribution in [3.8, 4) is 11.3 Å². The first kappa shape index (κ1) is 16.3. The lowest BCUT2D eigenvalue weighted by molar-refractivity contribution is 0.628. The van der Waals surface area contributed by atoms with E-state index in [1.807, 2.05) is 33.6 Å². The number of hydrogen-bond acceptors (Lipinski definition) is 4. The van der Waals surface area contributed by atoms with Crippen molar-refractivity contribution in [2.45, 2.75) is 0 Å². The Morgan fingerprint density at radius 2 is 1.38 bits per heavy atom. The van der Waals surface area contributed by atoms with E-state index in [1.54, 1.807) is 36.9 Å². The topological polar surface area (TPSA) is 60.4 Å². The van der Waals surface area contributed by atoms with E-state index < -0.39 is 0 Å². The minimum absolute atomic E-state index is 0.243. The summed E-state index contributed by atoms with van der Waals surface area (Å²) in [4.78, 5) is 16.4. The zero-order valence-corrected chi connectivity index (χ0v) is 15.0. The van der Waals surface area contributed by atoms with Crippen molar-refractivity contribution >= 4 is 27.2 Å². The van der Waals surface area contributed by atoms with Crippen LogP contribution in [0.3, 0.4) is 0 Å². The van der Waals surface area contributed by atoms with E-state index in [0.717, 1.165) is 27.2 Å². The van der Waals surface area contributed by atoms with Gasteiger partial charge >= 0.3 is 0 Å². The molecule has 128 valence electrons. The van der Waals surface area contributed by atoms with Gasteiger partial charge in [0.2, 0.25) is 0 Å². The molecule has 0 bridgehead atoms. The summed E-state index contributed by atoms with van der Waals surface area (Å²) in [5.41, 5.74) is 3.34. The summed E-state index contributed by atoms with van der Waals surface area (Å²) in [5, 5.41) is 0. The van der Waals surface area contributed by atoms with Crippen LogP contribution in [-0.4, -0.2) is 28.7 Å². The maximum atomic E-state index is 12.8. The zero-order valence-electron chi connectivity index (χ0n) is 13.4. The highest BCUT2D eigenvalue weighted by molar-refractivity contribution is 9.10. The van der Waals surface area contributed by atoms with Crippen LogP contribution in [0.1, 0.15) is 0 Å². The molecule has 1 aromatic carbocycles. The minimum Gasteiger partial charge on any atom is -0.304 e. The maximum absolute atomic E-state index is 12.8. The number of fused-ring (bicyclic) bond motifs is 2. The molecular formula is C18H12BrFN6. The first-order valence-corrected chi connectivity index (χ1v) is 8.47. The van der Waals surface area contributed by atoms with Crippen LogP contribution >= 0.6 is 15.9 Å². The van der Waals surface area contributed by atoms with E-state index in [2.05, 4.69) is 35.9 Å². The highest BCUT2D eigenvalue weighted by Gasteiger charge is 2.01. The third-order valence-corrected chi connectivity index (χ3v) is 4.08. The number of nitrogens with zero attached hydrogens (tertiary/aromatic N) is 6. The van der Waals surface area contributed by atoms with Crippen LogP contribution in [-0.2, 0) is 0 Å². The fourth-order valence-corrected chi connectivity index (χ4v) is 2.72. The molecule has 0 atom stereocenters. The molecule has 4 aromatic heterocycles. The van der Waals surface area contributed by atoms with Crippen LogP contribution in [0.15, 0.2) is 78.4 Å². The van der Waals surface area contributed by atoms with Crippen molar-refractivity contribution in [1.29, 1.82) is 0 Å². The molecule has 8 heteroatoms. The number of aromatic nitrogens is 6. The lowest BCUT2D eigenvalue weighted by atomic mass is 10.1. The molecule has 0 aliphatic rings. The lowest BCUT2D eigenvalue weighted by Crippen LogP contribution is -1.89. The van der Waals surface area contributed by atoms with Gasteiger partial charge in [-0.2, -0.15) is 0 Å². The average Bonchev–Trinajstić information content (AvgIpc) is 3.30. The van der Waals surface area contributed by atoms with E-state index in [4.69, 9.17) is 0 Å². The third-order valence-electron chi connectivity index (χ3n) is 3.67. The second kappa shape index (κ2) is 7.01. The molecule has 0 spiro atoms. The van der Waals surface area contributed by atoms with Gasteiger partial charge in [0.15, 0.2) is 11.3 Å². The molecule has 5 aromatic rings. The molecular weight excluding hydrogens is 399 g/mol. The quantitative estimate of drug-likeness (QED) is 0.418. The van der Waals surface area contributed by atoms with Gasteiger partial charge in [0.05, 0.1) is 18.1 Å². The molecule has 0 aliphatic heterocycles. The van der Waals surface area contributed by atoms with Gasteiger partial charge in [0.25, 0.3) is 0 Å². The van der Waals surface area contributed by atoms with Crippen LogP contribution in [0.25, 0.3) is 22.6 Å². The van der Waals surface area contributed by atoms with Crippen molar-refractivity contribution in [2.75, 3.05) is 0 Å². The van der Waals surface area contributed by atoms with Gasteiger partial charge in [-0.05, 0) is 40.2 Å². The molecule has 26 heavy (non-hydrogen) atoms. The Balaban J connectivity index is 0.000000144.